The maximum atomic E-state index is 11.0. The molecule has 0 radical (unpaired) electrons. The van der Waals surface area contributed by atoms with Gasteiger partial charge in [0, 0.05) is 18.5 Å². The maximum absolute atomic E-state index is 11.0. The predicted molar refractivity (Wildman–Crippen MR) is 55.9 cm³/mol. The van der Waals surface area contributed by atoms with Crippen molar-refractivity contribution in [2.75, 3.05) is 11.9 Å². The van der Waals surface area contributed by atoms with Crippen molar-refractivity contribution < 1.29 is 9.59 Å². The lowest BCUT2D eigenvalue weighted by molar-refractivity contribution is -0.118. The fourth-order valence-electron chi connectivity index (χ4n) is 0.705. The fourth-order valence-corrected chi connectivity index (χ4v) is 0.986. The number of carbonyl (C=O) groups excluding carboxylic acids is 2. The van der Waals surface area contributed by atoms with Gasteiger partial charge in [-0.05, 0) is 13.3 Å². The van der Waals surface area contributed by atoms with E-state index in [1.54, 1.807) is 6.92 Å². The molecule has 0 aromatic rings. The first-order valence-electron chi connectivity index (χ1n) is 4.09. The second-order valence-electron chi connectivity index (χ2n) is 2.81. The van der Waals surface area contributed by atoms with E-state index in [4.69, 9.17) is 0 Å². The van der Waals surface area contributed by atoms with Gasteiger partial charge in [-0.2, -0.15) is 0 Å². The molecule has 0 atom stereocenters. The summed E-state index contributed by atoms with van der Waals surface area (Å²) in [6, 6.07) is 0. The van der Waals surface area contributed by atoms with Crippen molar-refractivity contribution in [3.05, 3.63) is 12.2 Å². The van der Waals surface area contributed by atoms with Gasteiger partial charge in [-0.3, -0.25) is 9.59 Å². The highest BCUT2D eigenvalue weighted by atomic mass is 79.9. The number of ketones is 1. The van der Waals surface area contributed by atoms with Gasteiger partial charge in [0.2, 0.25) is 5.91 Å². The van der Waals surface area contributed by atoms with Gasteiger partial charge in [-0.15, -0.1) is 0 Å². The van der Waals surface area contributed by atoms with Crippen molar-refractivity contribution in [1.82, 2.24) is 5.32 Å². The second-order valence-corrected chi connectivity index (χ2v) is 3.37. The van der Waals surface area contributed by atoms with E-state index < -0.39 is 0 Å². The van der Waals surface area contributed by atoms with E-state index >= 15 is 0 Å². The van der Waals surface area contributed by atoms with E-state index in [2.05, 4.69) is 27.8 Å². The lowest BCUT2D eigenvalue weighted by atomic mass is 10.2. The fraction of sp³-hybridized carbons (Fsp3) is 0.556. The molecule has 0 spiro atoms. The number of nitrogens with one attached hydrogen (secondary N) is 1. The standard InChI is InChI=1S/C9H14BrNO2/c1-7(2)9(13)11-5-3-4-8(12)6-10/h1,3-6H2,2H3,(H,11,13). The largest absolute Gasteiger partial charge is 0.352 e. The highest BCUT2D eigenvalue weighted by molar-refractivity contribution is 9.09. The minimum atomic E-state index is -0.147. The molecule has 0 fully saturated rings. The molecule has 0 aliphatic rings. The first-order valence-corrected chi connectivity index (χ1v) is 5.21. The molecule has 0 saturated carbocycles. The van der Waals surface area contributed by atoms with Gasteiger partial charge >= 0.3 is 0 Å². The normalized spacial score (nSPS) is 9.38. The monoisotopic (exact) mass is 247 g/mol. The minimum Gasteiger partial charge on any atom is -0.352 e. The zero-order chi connectivity index (χ0) is 10.3. The van der Waals surface area contributed by atoms with Crippen LogP contribution >= 0.6 is 15.9 Å². The molecule has 3 nitrogen and oxygen atoms in total. The topological polar surface area (TPSA) is 46.2 Å². The summed E-state index contributed by atoms with van der Waals surface area (Å²) in [6.07, 6.45) is 1.19. The lowest BCUT2D eigenvalue weighted by Crippen LogP contribution is -2.25. The van der Waals surface area contributed by atoms with E-state index in [1.807, 2.05) is 0 Å². The molecule has 0 rings (SSSR count). The molecule has 1 amide bonds. The summed E-state index contributed by atoms with van der Waals surface area (Å²) in [6.45, 7) is 5.68. The Balaban J connectivity index is 3.41. The summed E-state index contributed by atoms with van der Waals surface area (Å²) in [5.74, 6) is 0.0101. The Kier molecular flexibility index (Phi) is 6.49. The average molecular weight is 248 g/mol. The summed E-state index contributed by atoms with van der Waals surface area (Å²) in [5, 5.41) is 3.05. The molecule has 0 aliphatic carbocycles. The summed E-state index contributed by atoms with van der Waals surface area (Å²) in [5.41, 5.74) is 0.492. The molecule has 13 heavy (non-hydrogen) atoms. The Bertz CT molecular complexity index is 214. The first-order chi connectivity index (χ1) is 6.07. The van der Waals surface area contributed by atoms with Crippen molar-refractivity contribution in [2.24, 2.45) is 0 Å². The van der Waals surface area contributed by atoms with Crippen LogP contribution in [0.15, 0.2) is 12.2 Å². The number of halogens is 1. The third-order valence-corrected chi connectivity index (χ3v) is 2.08. The number of carbonyl (C=O) groups is 2. The van der Waals surface area contributed by atoms with Crippen LogP contribution in [0, 0.1) is 0 Å². The molecule has 0 saturated heterocycles. The Morgan fingerprint density at radius 3 is 2.54 bits per heavy atom. The number of hydrogen-bond donors (Lipinski definition) is 1. The predicted octanol–water partition coefficient (Wildman–Crippen LogP) is 1.42. The van der Waals surface area contributed by atoms with Crippen LogP contribution in [0.25, 0.3) is 0 Å². The van der Waals surface area contributed by atoms with Crippen molar-refractivity contribution in [3.63, 3.8) is 0 Å². The summed E-state index contributed by atoms with van der Waals surface area (Å²) >= 11 is 3.07. The first kappa shape index (κ1) is 12.4. The molecule has 0 bridgehead atoms. The molecule has 0 aromatic heterocycles. The third-order valence-electron chi connectivity index (χ3n) is 1.45. The Morgan fingerprint density at radius 1 is 1.46 bits per heavy atom. The molecular formula is C9H14BrNO2. The number of amides is 1. The van der Waals surface area contributed by atoms with Gasteiger partial charge in [-0.1, -0.05) is 22.5 Å². The molecular weight excluding hydrogens is 234 g/mol. The quantitative estimate of drug-likeness (QED) is 0.439. The smallest absolute Gasteiger partial charge is 0.246 e. The summed E-state index contributed by atoms with van der Waals surface area (Å²) < 4.78 is 0. The van der Waals surface area contributed by atoms with Crippen LogP contribution < -0.4 is 5.32 Å². The number of hydrogen-bond acceptors (Lipinski definition) is 2. The number of Topliss-reactive ketones (excluding diaryl/α,β-unsaturated/α-hetero) is 1. The Labute approximate surface area is 86.7 Å². The zero-order valence-corrected chi connectivity index (χ0v) is 9.32. The summed E-state index contributed by atoms with van der Waals surface area (Å²) in [4.78, 5) is 21.8. The summed E-state index contributed by atoms with van der Waals surface area (Å²) in [7, 11) is 0. The van der Waals surface area contributed by atoms with E-state index in [1.165, 1.54) is 0 Å². The van der Waals surface area contributed by atoms with Gasteiger partial charge in [0.05, 0.1) is 5.33 Å². The zero-order valence-electron chi connectivity index (χ0n) is 7.73. The van der Waals surface area contributed by atoms with Gasteiger partial charge in [-0.25, -0.2) is 0 Å². The molecule has 0 unspecified atom stereocenters. The van der Waals surface area contributed by atoms with Crippen LogP contribution in [-0.4, -0.2) is 23.6 Å². The molecule has 0 heterocycles. The van der Waals surface area contributed by atoms with Crippen molar-refractivity contribution in [1.29, 1.82) is 0 Å². The number of alkyl halides is 1. The molecule has 4 heteroatoms. The van der Waals surface area contributed by atoms with Crippen LogP contribution in [0.3, 0.4) is 0 Å². The van der Waals surface area contributed by atoms with Gasteiger partial charge < -0.3 is 5.32 Å². The van der Waals surface area contributed by atoms with Gasteiger partial charge in [0.25, 0.3) is 0 Å². The van der Waals surface area contributed by atoms with Crippen LogP contribution in [-0.2, 0) is 9.59 Å². The van der Waals surface area contributed by atoms with Crippen molar-refractivity contribution in [2.45, 2.75) is 19.8 Å². The highest BCUT2D eigenvalue weighted by Gasteiger charge is 2.01. The maximum Gasteiger partial charge on any atom is 0.246 e. The SMILES string of the molecule is C=C(C)C(=O)NCCCC(=O)CBr. The molecule has 1 N–H and O–H groups in total. The molecule has 0 aliphatic heterocycles. The minimum absolute atomic E-state index is 0.147. The molecule has 74 valence electrons. The van der Waals surface area contributed by atoms with Gasteiger partial charge in [0.15, 0.2) is 0 Å². The van der Waals surface area contributed by atoms with Gasteiger partial charge in [0.1, 0.15) is 5.78 Å². The Morgan fingerprint density at radius 2 is 2.08 bits per heavy atom. The van der Waals surface area contributed by atoms with Crippen molar-refractivity contribution in [3.8, 4) is 0 Å². The van der Waals surface area contributed by atoms with Crippen LogP contribution in [0.4, 0.5) is 0 Å². The van der Waals surface area contributed by atoms with Crippen LogP contribution in [0.1, 0.15) is 19.8 Å². The average Bonchev–Trinajstić information content (AvgIpc) is 2.11. The number of rotatable bonds is 6. The molecule has 0 aromatic carbocycles. The van der Waals surface area contributed by atoms with E-state index in [9.17, 15) is 9.59 Å². The van der Waals surface area contributed by atoms with Crippen LogP contribution in [0.2, 0.25) is 0 Å². The third kappa shape index (κ3) is 6.51. The van der Waals surface area contributed by atoms with E-state index in [0.29, 0.717) is 30.3 Å². The second kappa shape index (κ2) is 6.83. The van der Waals surface area contributed by atoms with Crippen LogP contribution in [0.5, 0.6) is 0 Å². The highest BCUT2D eigenvalue weighted by Crippen LogP contribution is 1.94. The lowest BCUT2D eigenvalue weighted by Gasteiger charge is -2.02. The van der Waals surface area contributed by atoms with E-state index in [-0.39, 0.29) is 11.7 Å². The Hall–Kier alpha value is -0.640. The van der Waals surface area contributed by atoms with E-state index in [0.717, 1.165) is 0 Å². The van der Waals surface area contributed by atoms with Crippen molar-refractivity contribution >= 4 is 27.6 Å².